The van der Waals surface area contributed by atoms with Crippen LogP contribution in [0, 0.1) is 0 Å². The summed E-state index contributed by atoms with van der Waals surface area (Å²) in [7, 11) is 0. The van der Waals surface area contributed by atoms with E-state index in [1.165, 1.54) is 64.2 Å². The topological polar surface area (TPSA) is 55.8 Å². The van der Waals surface area contributed by atoms with Gasteiger partial charge in [0.15, 0.2) is 0 Å². The Morgan fingerprint density at radius 1 is 0.595 bits per heavy atom. The maximum absolute atomic E-state index is 12.1. The van der Waals surface area contributed by atoms with E-state index < -0.39 is 6.10 Å². The van der Waals surface area contributed by atoms with Crippen LogP contribution < -0.4 is 0 Å². The fourth-order valence-electron chi connectivity index (χ4n) is 4.53. The zero-order valence-corrected chi connectivity index (χ0v) is 27.5. The van der Waals surface area contributed by atoms with Crippen LogP contribution in [0.3, 0.4) is 0 Å². The Bertz CT molecular complexity index is 704. The summed E-state index contributed by atoms with van der Waals surface area (Å²) >= 11 is 0. The molecule has 0 aromatic rings. The summed E-state index contributed by atoms with van der Waals surface area (Å²) in [6.45, 7) is 5.15. The van der Waals surface area contributed by atoms with Crippen molar-refractivity contribution in [3.05, 3.63) is 60.8 Å². The Morgan fingerprint density at radius 3 is 1.62 bits per heavy atom. The predicted octanol–water partition coefficient (Wildman–Crippen LogP) is 10.9. The molecule has 0 fully saturated rings. The second-order valence-corrected chi connectivity index (χ2v) is 11.2. The Hall–Kier alpha value is -1.91. The van der Waals surface area contributed by atoms with Crippen molar-refractivity contribution in [1.82, 2.24) is 0 Å². The van der Waals surface area contributed by atoms with Gasteiger partial charge in [0.2, 0.25) is 0 Å². The maximum atomic E-state index is 12.1. The first kappa shape index (κ1) is 40.1. The molecule has 0 radical (unpaired) electrons. The molecule has 4 heteroatoms. The maximum Gasteiger partial charge on any atom is 0.306 e. The van der Waals surface area contributed by atoms with Crippen molar-refractivity contribution < 1.29 is 19.4 Å². The molecule has 0 aromatic heterocycles. The van der Waals surface area contributed by atoms with E-state index in [2.05, 4.69) is 74.6 Å². The standard InChI is InChI=1S/C38H66O4/c1-3-5-7-9-11-13-15-16-17-18-19-20-21-22-23-24-26-28-30-32-34-41-36-37(35-39)42-38(40)33-31-29-27-25-14-12-10-8-6-4-2/h5,7,11,13,16-17,19-20,22-23,37,39H,3-4,6,8-10,12,14-15,18,21,24-36H2,1-2H3/b7-5-,13-11-,17-16-,20-19-,23-22-. The molecule has 0 amide bonds. The lowest BCUT2D eigenvalue weighted by Crippen LogP contribution is -2.27. The van der Waals surface area contributed by atoms with Crippen molar-refractivity contribution in [2.45, 2.75) is 155 Å². The summed E-state index contributed by atoms with van der Waals surface area (Å²) in [4.78, 5) is 12.1. The Kier molecular flexibility index (Phi) is 33.7. The van der Waals surface area contributed by atoms with Crippen LogP contribution in [-0.4, -0.2) is 37.0 Å². The number of aliphatic hydroxyl groups is 1. The third-order valence-corrected chi connectivity index (χ3v) is 7.11. The number of carbonyl (C=O) groups excluding carboxylic acids is 1. The van der Waals surface area contributed by atoms with Crippen LogP contribution in [0.4, 0.5) is 0 Å². The van der Waals surface area contributed by atoms with Gasteiger partial charge in [-0.2, -0.15) is 0 Å². The van der Waals surface area contributed by atoms with Crippen LogP contribution in [-0.2, 0) is 14.3 Å². The van der Waals surface area contributed by atoms with Gasteiger partial charge in [0.1, 0.15) is 6.10 Å². The molecule has 0 rings (SSSR count). The van der Waals surface area contributed by atoms with Crippen molar-refractivity contribution in [3.8, 4) is 0 Å². The van der Waals surface area contributed by atoms with Crippen molar-refractivity contribution >= 4 is 5.97 Å². The van der Waals surface area contributed by atoms with Gasteiger partial charge in [0.05, 0.1) is 13.2 Å². The van der Waals surface area contributed by atoms with Gasteiger partial charge in [-0.25, -0.2) is 0 Å². The number of rotatable bonds is 31. The number of hydrogen-bond acceptors (Lipinski definition) is 4. The highest BCUT2D eigenvalue weighted by atomic mass is 16.6. The SMILES string of the molecule is CC/C=C\C/C=C\C/C=C\C/C=C\C/C=C\CCCCCCOCC(CO)OC(=O)CCCCCCCCCCCC. The minimum absolute atomic E-state index is 0.184. The molecule has 1 unspecified atom stereocenters. The summed E-state index contributed by atoms with van der Waals surface area (Å²) in [5, 5.41) is 9.52. The molecule has 0 aromatic carbocycles. The average molecular weight is 587 g/mol. The molecule has 0 saturated carbocycles. The molecule has 242 valence electrons. The van der Waals surface area contributed by atoms with Gasteiger partial charge in [0.25, 0.3) is 0 Å². The number of allylic oxidation sites excluding steroid dienone is 10. The highest BCUT2D eigenvalue weighted by molar-refractivity contribution is 5.69. The molecule has 0 bridgehead atoms. The Morgan fingerprint density at radius 2 is 1.07 bits per heavy atom. The molecule has 1 N–H and O–H groups in total. The molecule has 0 heterocycles. The minimum Gasteiger partial charge on any atom is -0.457 e. The summed E-state index contributed by atoms with van der Waals surface area (Å²) in [6, 6.07) is 0. The lowest BCUT2D eigenvalue weighted by Gasteiger charge is -2.15. The summed E-state index contributed by atoms with van der Waals surface area (Å²) in [6.07, 6.45) is 45.4. The molecular formula is C38H66O4. The van der Waals surface area contributed by atoms with Crippen molar-refractivity contribution in [1.29, 1.82) is 0 Å². The third kappa shape index (κ3) is 32.6. The molecule has 0 aliphatic rings. The van der Waals surface area contributed by atoms with E-state index in [4.69, 9.17) is 9.47 Å². The quantitative estimate of drug-likeness (QED) is 0.0499. The third-order valence-electron chi connectivity index (χ3n) is 7.11. The van der Waals surface area contributed by atoms with Gasteiger partial charge < -0.3 is 14.6 Å². The summed E-state index contributed by atoms with van der Waals surface area (Å²) in [5.41, 5.74) is 0. The lowest BCUT2D eigenvalue weighted by molar-refractivity contribution is -0.154. The molecule has 0 saturated heterocycles. The summed E-state index contributed by atoms with van der Waals surface area (Å²) in [5.74, 6) is -0.216. The number of carbonyl (C=O) groups is 1. The lowest BCUT2D eigenvalue weighted by atomic mass is 10.1. The second kappa shape index (κ2) is 35.3. The van der Waals surface area contributed by atoms with E-state index in [0.717, 1.165) is 64.2 Å². The number of aliphatic hydroxyl groups excluding tert-OH is 1. The molecule has 1 atom stereocenters. The summed E-state index contributed by atoms with van der Waals surface area (Å²) < 4.78 is 11.1. The van der Waals surface area contributed by atoms with Crippen LogP contribution >= 0.6 is 0 Å². The zero-order chi connectivity index (χ0) is 30.6. The van der Waals surface area contributed by atoms with Gasteiger partial charge in [-0.3, -0.25) is 4.79 Å². The van der Waals surface area contributed by atoms with E-state index in [1.807, 2.05) is 0 Å². The molecule has 0 spiro atoms. The van der Waals surface area contributed by atoms with Gasteiger partial charge in [0, 0.05) is 13.0 Å². The van der Waals surface area contributed by atoms with E-state index in [0.29, 0.717) is 13.0 Å². The highest BCUT2D eigenvalue weighted by Crippen LogP contribution is 2.12. The zero-order valence-electron chi connectivity index (χ0n) is 27.5. The van der Waals surface area contributed by atoms with Crippen LogP contribution in [0.1, 0.15) is 149 Å². The van der Waals surface area contributed by atoms with Gasteiger partial charge in [-0.1, -0.05) is 145 Å². The molecule has 42 heavy (non-hydrogen) atoms. The largest absolute Gasteiger partial charge is 0.457 e. The second-order valence-electron chi connectivity index (χ2n) is 11.2. The van der Waals surface area contributed by atoms with Crippen molar-refractivity contribution in [2.24, 2.45) is 0 Å². The van der Waals surface area contributed by atoms with E-state index >= 15 is 0 Å². The van der Waals surface area contributed by atoms with Gasteiger partial charge in [-0.15, -0.1) is 0 Å². The number of ether oxygens (including phenoxy) is 2. The first-order valence-corrected chi connectivity index (χ1v) is 17.4. The van der Waals surface area contributed by atoms with E-state index in [9.17, 15) is 9.90 Å². The van der Waals surface area contributed by atoms with Crippen LogP contribution in [0.15, 0.2) is 60.8 Å². The fourth-order valence-corrected chi connectivity index (χ4v) is 4.53. The number of esters is 1. The normalized spacial score (nSPS) is 13.1. The van der Waals surface area contributed by atoms with Crippen LogP contribution in [0.25, 0.3) is 0 Å². The molecule has 4 nitrogen and oxygen atoms in total. The molecule has 0 aliphatic carbocycles. The van der Waals surface area contributed by atoms with Gasteiger partial charge in [-0.05, 0) is 57.8 Å². The monoisotopic (exact) mass is 586 g/mol. The first-order chi connectivity index (χ1) is 20.7. The van der Waals surface area contributed by atoms with Crippen LogP contribution in [0.5, 0.6) is 0 Å². The smallest absolute Gasteiger partial charge is 0.306 e. The average Bonchev–Trinajstić information content (AvgIpc) is 3.00. The minimum atomic E-state index is -0.545. The Balaban J connectivity index is 3.54. The first-order valence-electron chi connectivity index (χ1n) is 17.4. The van der Waals surface area contributed by atoms with Crippen LogP contribution in [0.2, 0.25) is 0 Å². The van der Waals surface area contributed by atoms with Crippen molar-refractivity contribution in [2.75, 3.05) is 19.8 Å². The van der Waals surface area contributed by atoms with Gasteiger partial charge >= 0.3 is 5.97 Å². The molecule has 0 aliphatic heterocycles. The number of unbranched alkanes of at least 4 members (excludes halogenated alkanes) is 13. The predicted molar refractivity (Wildman–Crippen MR) is 182 cm³/mol. The molecular weight excluding hydrogens is 520 g/mol. The van der Waals surface area contributed by atoms with E-state index in [-0.39, 0.29) is 19.2 Å². The highest BCUT2D eigenvalue weighted by Gasteiger charge is 2.13. The van der Waals surface area contributed by atoms with Crippen molar-refractivity contribution in [3.63, 3.8) is 0 Å². The number of hydrogen-bond donors (Lipinski definition) is 1. The van der Waals surface area contributed by atoms with E-state index in [1.54, 1.807) is 0 Å². The Labute approximate surface area is 260 Å². The fraction of sp³-hybridized carbons (Fsp3) is 0.711.